The molecule has 0 unspecified atom stereocenters. The van der Waals surface area contributed by atoms with E-state index in [1.54, 1.807) is 18.2 Å². The van der Waals surface area contributed by atoms with Gasteiger partial charge in [0.1, 0.15) is 0 Å². The highest BCUT2D eigenvalue weighted by atomic mass is 16.2. The van der Waals surface area contributed by atoms with E-state index in [1.807, 2.05) is 13.8 Å². The van der Waals surface area contributed by atoms with E-state index in [1.165, 1.54) is 0 Å². The number of rotatable bonds is 1. The molecule has 0 aromatic heterocycles. The Kier molecular flexibility index (Phi) is 2.22. The molecule has 0 spiro atoms. The van der Waals surface area contributed by atoms with Crippen molar-refractivity contribution in [3.05, 3.63) is 29.3 Å². The van der Waals surface area contributed by atoms with E-state index in [2.05, 4.69) is 5.32 Å². The molecule has 1 aliphatic heterocycles. The van der Waals surface area contributed by atoms with Crippen LogP contribution in [0.4, 0.5) is 5.69 Å². The largest absolute Gasteiger partial charge is 0.366 e. The number of nitrogens with one attached hydrogen (secondary N) is 1. The van der Waals surface area contributed by atoms with Gasteiger partial charge < -0.3 is 11.1 Å². The Morgan fingerprint density at radius 2 is 2.12 bits per heavy atom. The molecule has 84 valence electrons. The van der Waals surface area contributed by atoms with Crippen LogP contribution in [-0.2, 0) is 10.2 Å². The maximum atomic E-state index is 11.5. The highest BCUT2D eigenvalue weighted by Gasteiger charge is 2.32. The summed E-state index contributed by atoms with van der Waals surface area (Å²) in [6.45, 7) is 3.96. The fraction of sp³-hybridized carbons (Fsp3) is 0.333. The van der Waals surface area contributed by atoms with Gasteiger partial charge in [-0.25, -0.2) is 0 Å². The standard InChI is InChI=1S/C12H14N2O2/c1-12(2)6-10(15)14-9-4-3-7(11(13)16)5-8(9)12/h3-5H,6H2,1-2H3,(H2,13,16)(H,14,15). The van der Waals surface area contributed by atoms with E-state index in [9.17, 15) is 9.59 Å². The number of hydrogen-bond acceptors (Lipinski definition) is 2. The van der Waals surface area contributed by atoms with Crippen LogP contribution in [0, 0.1) is 0 Å². The summed E-state index contributed by atoms with van der Waals surface area (Å²) in [6.07, 6.45) is 0.419. The van der Waals surface area contributed by atoms with Gasteiger partial charge in [0.25, 0.3) is 0 Å². The Hall–Kier alpha value is -1.84. The zero-order valence-electron chi connectivity index (χ0n) is 9.33. The van der Waals surface area contributed by atoms with Crippen LogP contribution in [0.25, 0.3) is 0 Å². The lowest BCUT2D eigenvalue weighted by molar-refractivity contribution is -0.117. The van der Waals surface area contributed by atoms with Crippen molar-refractivity contribution in [3.63, 3.8) is 0 Å². The maximum absolute atomic E-state index is 11.5. The molecule has 4 nitrogen and oxygen atoms in total. The Morgan fingerprint density at radius 1 is 1.44 bits per heavy atom. The molecule has 2 rings (SSSR count). The van der Waals surface area contributed by atoms with Gasteiger partial charge in [-0.2, -0.15) is 0 Å². The number of nitrogens with two attached hydrogens (primary N) is 1. The molecule has 0 fully saturated rings. The van der Waals surface area contributed by atoms with E-state index in [0.29, 0.717) is 12.0 Å². The van der Waals surface area contributed by atoms with Gasteiger partial charge in [0.05, 0.1) is 0 Å². The summed E-state index contributed by atoms with van der Waals surface area (Å²) in [5.41, 5.74) is 7.18. The molecular formula is C12H14N2O2. The molecule has 0 saturated carbocycles. The molecule has 4 heteroatoms. The highest BCUT2D eigenvalue weighted by molar-refractivity contribution is 5.98. The van der Waals surface area contributed by atoms with E-state index < -0.39 is 5.91 Å². The van der Waals surface area contributed by atoms with Crippen molar-refractivity contribution in [2.24, 2.45) is 5.73 Å². The van der Waals surface area contributed by atoms with Crippen LogP contribution in [0.15, 0.2) is 18.2 Å². The van der Waals surface area contributed by atoms with Crippen LogP contribution in [-0.4, -0.2) is 11.8 Å². The summed E-state index contributed by atoms with van der Waals surface area (Å²) in [5, 5.41) is 2.79. The average Bonchev–Trinajstić information content (AvgIpc) is 2.15. The quantitative estimate of drug-likeness (QED) is 0.748. The second-order valence-electron chi connectivity index (χ2n) is 4.73. The third-order valence-corrected chi connectivity index (χ3v) is 2.91. The van der Waals surface area contributed by atoms with Gasteiger partial charge in [0.2, 0.25) is 11.8 Å². The third-order valence-electron chi connectivity index (χ3n) is 2.91. The van der Waals surface area contributed by atoms with Gasteiger partial charge in [-0.05, 0) is 23.8 Å². The second-order valence-corrected chi connectivity index (χ2v) is 4.73. The van der Waals surface area contributed by atoms with Gasteiger partial charge >= 0.3 is 0 Å². The minimum absolute atomic E-state index is 0.00400. The summed E-state index contributed by atoms with van der Waals surface area (Å²) < 4.78 is 0. The van der Waals surface area contributed by atoms with Crippen LogP contribution in [0.2, 0.25) is 0 Å². The molecule has 2 amide bonds. The molecule has 0 saturated heterocycles. The monoisotopic (exact) mass is 218 g/mol. The van der Waals surface area contributed by atoms with Crippen LogP contribution < -0.4 is 11.1 Å². The zero-order valence-corrected chi connectivity index (χ0v) is 9.33. The summed E-state index contributed by atoms with van der Waals surface area (Å²) in [6, 6.07) is 5.12. The first-order valence-corrected chi connectivity index (χ1v) is 5.14. The number of carbonyl (C=O) groups excluding carboxylic acids is 2. The first-order chi connectivity index (χ1) is 7.40. The Bertz CT molecular complexity index is 478. The topological polar surface area (TPSA) is 72.2 Å². The number of anilines is 1. The summed E-state index contributed by atoms with van der Waals surface area (Å²) >= 11 is 0. The zero-order chi connectivity index (χ0) is 11.9. The molecule has 16 heavy (non-hydrogen) atoms. The van der Waals surface area contributed by atoms with Gasteiger partial charge in [-0.1, -0.05) is 13.8 Å². The minimum atomic E-state index is -0.449. The van der Waals surface area contributed by atoms with Crippen molar-refractivity contribution in [1.82, 2.24) is 0 Å². The van der Waals surface area contributed by atoms with Gasteiger partial charge in [-0.15, -0.1) is 0 Å². The number of amides is 2. The van der Waals surface area contributed by atoms with Crippen LogP contribution >= 0.6 is 0 Å². The summed E-state index contributed by atoms with van der Waals surface area (Å²) in [7, 11) is 0. The molecule has 1 aromatic carbocycles. The molecule has 0 aliphatic carbocycles. The second kappa shape index (κ2) is 3.33. The van der Waals surface area contributed by atoms with Gasteiger partial charge in [0.15, 0.2) is 0 Å². The van der Waals surface area contributed by atoms with Crippen molar-refractivity contribution < 1.29 is 9.59 Å². The van der Waals surface area contributed by atoms with Crippen molar-refractivity contribution >= 4 is 17.5 Å². The number of fused-ring (bicyclic) bond motifs is 1. The fourth-order valence-corrected chi connectivity index (χ4v) is 2.06. The highest BCUT2D eigenvalue weighted by Crippen LogP contribution is 2.37. The fourth-order valence-electron chi connectivity index (χ4n) is 2.06. The van der Waals surface area contributed by atoms with E-state index >= 15 is 0 Å². The molecule has 0 bridgehead atoms. The van der Waals surface area contributed by atoms with E-state index in [0.717, 1.165) is 11.3 Å². The summed E-state index contributed by atoms with van der Waals surface area (Å²) in [4.78, 5) is 22.6. The molecule has 1 aromatic rings. The Morgan fingerprint density at radius 3 is 2.75 bits per heavy atom. The van der Waals surface area contributed by atoms with Gasteiger partial charge in [0, 0.05) is 23.1 Å². The van der Waals surface area contributed by atoms with E-state index in [-0.39, 0.29) is 11.3 Å². The first-order valence-electron chi connectivity index (χ1n) is 5.14. The van der Waals surface area contributed by atoms with Crippen molar-refractivity contribution in [2.75, 3.05) is 5.32 Å². The summed E-state index contributed by atoms with van der Waals surface area (Å²) in [5.74, 6) is -0.445. The minimum Gasteiger partial charge on any atom is -0.366 e. The predicted molar refractivity (Wildman–Crippen MR) is 61.2 cm³/mol. The SMILES string of the molecule is CC1(C)CC(=O)Nc2ccc(C(N)=O)cc21. The first kappa shape index (κ1) is 10.7. The molecular weight excluding hydrogens is 204 g/mol. The van der Waals surface area contributed by atoms with Gasteiger partial charge in [-0.3, -0.25) is 9.59 Å². The third kappa shape index (κ3) is 1.66. The normalized spacial score (nSPS) is 17.5. The Balaban J connectivity index is 2.57. The molecule has 0 atom stereocenters. The van der Waals surface area contributed by atoms with Crippen LogP contribution in [0.5, 0.6) is 0 Å². The average molecular weight is 218 g/mol. The maximum Gasteiger partial charge on any atom is 0.248 e. The number of benzene rings is 1. The lowest BCUT2D eigenvalue weighted by Crippen LogP contribution is -2.32. The van der Waals surface area contributed by atoms with E-state index in [4.69, 9.17) is 5.73 Å². The van der Waals surface area contributed by atoms with Crippen LogP contribution in [0.3, 0.4) is 0 Å². The molecule has 1 aliphatic rings. The van der Waals surface area contributed by atoms with Crippen molar-refractivity contribution in [2.45, 2.75) is 25.7 Å². The van der Waals surface area contributed by atoms with Crippen molar-refractivity contribution in [1.29, 1.82) is 0 Å². The molecule has 3 N–H and O–H groups in total. The molecule has 1 heterocycles. The number of hydrogen-bond donors (Lipinski definition) is 2. The number of primary amides is 1. The predicted octanol–water partition coefficient (Wildman–Crippen LogP) is 1.41. The van der Waals surface area contributed by atoms with Crippen LogP contribution in [0.1, 0.15) is 36.2 Å². The number of carbonyl (C=O) groups is 2. The smallest absolute Gasteiger partial charge is 0.248 e. The van der Waals surface area contributed by atoms with Crippen molar-refractivity contribution in [3.8, 4) is 0 Å². The lowest BCUT2D eigenvalue weighted by Gasteiger charge is -2.32. The lowest BCUT2D eigenvalue weighted by atomic mass is 9.77. The molecule has 0 radical (unpaired) electrons. The Labute approximate surface area is 93.8 Å².